The lowest BCUT2D eigenvalue weighted by Gasteiger charge is -2.11. The Bertz CT molecular complexity index is 751. The summed E-state index contributed by atoms with van der Waals surface area (Å²) in [4.78, 5) is 4.63. The Hall–Kier alpha value is -2.55. The molecule has 0 saturated heterocycles. The Kier molecular flexibility index (Phi) is 3.73. The molecule has 3 heteroatoms. The van der Waals surface area contributed by atoms with Crippen LogP contribution < -0.4 is 10.1 Å². The molecule has 2 aromatic carbocycles. The van der Waals surface area contributed by atoms with Crippen LogP contribution in [-0.4, -0.2) is 12.0 Å². The first-order valence-corrected chi connectivity index (χ1v) is 7.02. The maximum atomic E-state index is 5.86. The number of nitrogens with zero attached hydrogens (tertiary/aromatic N) is 1. The molecule has 3 aromatic rings. The highest BCUT2D eigenvalue weighted by molar-refractivity contribution is 5.81. The topological polar surface area (TPSA) is 34.2 Å². The van der Waals surface area contributed by atoms with E-state index >= 15 is 0 Å². The van der Waals surface area contributed by atoms with Gasteiger partial charge in [0, 0.05) is 18.0 Å². The molecule has 0 atom stereocenters. The van der Waals surface area contributed by atoms with Crippen molar-refractivity contribution in [3.8, 4) is 5.75 Å². The number of hydrogen-bond donors (Lipinski definition) is 1. The van der Waals surface area contributed by atoms with Gasteiger partial charge in [-0.05, 0) is 31.2 Å². The molecule has 1 N–H and O–H groups in total. The zero-order chi connectivity index (χ0) is 14.7. The van der Waals surface area contributed by atoms with Gasteiger partial charge in [-0.1, -0.05) is 35.9 Å². The Morgan fingerprint density at radius 3 is 2.57 bits per heavy atom. The minimum Gasteiger partial charge on any atom is -0.489 e. The summed E-state index contributed by atoms with van der Waals surface area (Å²) in [7, 11) is 1.88. The summed E-state index contributed by atoms with van der Waals surface area (Å²) < 4.78 is 5.86. The van der Waals surface area contributed by atoms with E-state index in [1.165, 1.54) is 5.56 Å². The summed E-state index contributed by atoms with van der Waals surface area (Å²) in [5, 5.41) is 4.27. The summed E-state index contributed by atoms with van der Waals surface area (Å²) in [5.74, 6) is 1.73. The molecule has 0 unspecified atom stereocenters. The number of aryl methyl sites for hydroxylation is 1. The number of fused-ring (bicyclic) bond motifs is 1. The molecule has 0 aliphatic carbocycles. The quantitative estimate of drug-likeness (QED) is 0.778. The smallest absolute Gasteiger partial charge is 0.133 e. The molecule has 106 valence electrons. The number of para-hydroxylation sites is 1. The fraction of sp³-hybridized carbons (Fsp3) is 0.167. The van der Waals surface area contributed by atoms with Crippen LogP contribution in [0.15, 0.2) is 54.6 Å². The minimum absolute atomic E-state index is 0.497. The molecule has 0 aliphatic heterocycles. The molecule has 21 heavy (non-hydrogen) atoms. The molecular weight excluding hydrogens is 260 g/mol. The Morgan fingerprint density at radius 1 is 1.05 bits per heavy atom. The lowest BCUT2D eigenvalue weighted by atomic mass is 10.1. The highest BCUT2D eigenvalue weighted by Crippen LogP contribution is 2.22. The fourth-order valence-corrected chi connectivity index (χ4v) is 2.28. The van der Waals surface area contributed by atoms with Gasteiger partial charge >= 0.3 is 0 Å². The van der Waals surface area contributed by atoms with Crippen LogP contribution in [0.3, 0.4) is 0 Å². The van der Waals surface area contributed by atoms with Gasteiger partial charge in [0.15, 0.2) is 0 Å². The monoisotopic (exact) mass is 278 g/mol. The van der Waals surface area contributed by atoms with Crippen molar-refractivity contribution in [3.63, 3.8) is 0 Å². The van der Waals surface area contributed by atoms with Gasteiger partial charge in [-0.15, -0.1) is 0 Å². The normalized spacial score (nSPS) is 10.6. The van der Waals surface area contributed by atoms with Gasteiger partial charge in [0.25, 0.3) is 0 Å². The van der Waals surface area contributed by atoms with E-state index in [1.807, 2.05) is 49.5 Å². The van der Waals surface area contributed by atoms with Gasteiger partial charge in [-0.25, -0.2) is 4.98 Å². The SMILES string of the molecule is CNc1nc2ccccc2cc1COc1ccc(C)cc1. The van der Waals surface area contributed by atoms with E-state index in [4.69, 9.17) is 4.74 Å². The van der Waals surface area contributed by atoms with E-state index in [-0.39, 0.29) is 0 Å². The van der Waals surface area contributed by atoms with Gasteiger partial charge in [0.2, 0.25) is 0 Å². The van der Waals surface area contributed by atoms with Crippen molar-refractivity contribution in [2.75, 3.05) is 12.4 Å². The van der Waals surface area contributed by atoms with Crippen LogP contribution in [0.5, 0.6) is 5.75 Å². The lowest BCUT2D eigenvalue weighted by Crippen LogP contribution is -2.03. The van der Waals surface area contributed by atoms with Crippen LogP contribution in [-0.2, 0) is 6.61 Å². The second-order valence-electron chi connectivity index (χ2n) is 5.04. The van der Waals surface area contributed by atoms with E-state index in [1.54, 1.807) is 0 Å². The molecule has 0 amide bonds. The standard InChI is InChI=1S/C18H18N2O/c1-13-7-9-16(10-8-13)21-12-15-11-14-5-3-4-6-17(14)20-18(15)19-2/h3-11H,12H2,1-2H3,(H,19,20). The van der Waals surface area contributed by atoms with Crippen molar-refractivity contribution in [1.29, 1.82) is 0 Å². The summed E-state index contributed by atoms with van der Waals surface area (Å²) in [6.45, 7) is 2.56. The van der Waals surface area contributed by atoms with E-state index in [2.05, 4.69) is 29.4 Å². The summed E-state index contributed by atoms with van der Waals surface area (Å²) in [6, 6.07) is 18.3. The Morgan fingerprint density at radius 2 is 1.81 bits per heavy atom. The number of nitrogens with one attached hydrogen (secondary N) is 1. The van der Waals surface area contributed by atoms with Crippen molar-refractivity contribution >= 4 is 16.7 Å². The maximum Gasteiger partial charge on any atom is 0.133 e. The number of ether oxygens (including phenoxy) is 1. The van der Waals surface area contributed by atoms with Crippen molar-refractivity contribution in [2.45, 2.75) is 13.5 Å². The van der Waals surface area contributed by atoms with Crippen molar-refractivity contribution < 1.29 is 4.74 Å². The van der Waals surface area contributed by atoms with Crippen LogP contribution >= 0.6 is 0 Å². The van der Waals surface area contributed by atoms with E-state index < -0.39 is 0 Å². The molecule has 0 aliphatic rings. The minimum atomic E-state index is 0.497. The maximum absolute atomic E-state index is 5.86. The van der Waals surface area contributed by atoms with Gasteiger partial charge in [0.05, 0.1) is 5.52 Å². The molecule has 3 rings (SSSR count). The lowest BCUT2D eigenvalue weighted by molar-refractivity contribution is 0.306. The van der Waals surface area contributed by atoms with Crippen molar-refractivity contribution in [3.05, 3.63) is 65.7 Å². The average molecular weight is 278 g/mol. The zero-order valence-corrected chi connectivity index (χ0v) is 12.3. The van der Waals surface area contributed by atoms with Crippen molar-refractivity contribution in [2.24, 2.45) is 0 Å². The van der Waals surface area contributed by atoms with Gasteiger partial charge in [-0.2, -0.15) is 0 Å². The third-order valence-corrected chi connectivity index (χ3v) is 3.46. The number of hydrogen-bond acceptors (Lipinski definition) is 3. The number of pyridine rings is 1. The van der Waals surface area contributed by atoms with Gasteiger partial charge in [0.1, 0.15) is 18.2 Å². The third kappa shape index (κ3) is 2.97. The predicted molar refractivity (Wildman–Crippen MR) is 86.8 cm³/mol. The highest BCUT2D eigenvalue weighted by atomic mass is 16.5. The Balaban J connectivity index is 1.86. The molecular formula is C18H18N2O. The fourth-order valence-electron chi connectivity index (χ4n) is 2.28. The second kappa shape index (κ2) is 5.83. The molecule has 1 heterocycles. The van der Waals surface area contributed by atoms with Gasteiger partial charge in [-0.3, -0.25) is 0 Å². The summed E-state index contributed by atoms with van der Waals surface area (Å²) in [6.07, 6.45) is 0. The molecule has 0 spiro atoms. The highest BCUT2D eigenvalue weighted by Gasteiger charge is 2.06. The summed E-state index contributed by atoms with van der Waals surface area (Å²) >= 11 is 0. The van der Waals surface area contributed by atoms with Gasteiger partial charge < -0.3 is 10.1 Å². The number of rotatable bonds is 4. The molecule has 0 bridgehead atoms. The van der Waals surface area contributed by atoms with Crippen LogP contribution in [0.1, 0.15) is 11.1 Å². The molecule has 1 aromatic heterocycles. The van der Waals surface area contributed by atoms with Crippen molar-refractivity contribution in [1.82, 2.24) is 4.98 Å². The first-order chi connectivity index (χ1) is 10.3. The molecule has 0 radical (unpaired) electrons. The van der Waals surface area contributed by atoms with E-state index in [0.717, 1.165) is 28.0 Å². The molecule has 3 nitrogen and oxygen atoms in total. The van der Waals surface area contributed by atoms with E-state index in [0.29, 0.717) is 6.61 Å². The molecule has 0 fully saturated rings. The van der Waals surface area contributed by atoms with Crippen LogP contribution in [0, 0.1) is 6.92 Å². The molecule has 0 saturated carbocycles. The van der Waals surface area contributed by atoms with Crippen LogP contribution in [0.25, 0.3) is 10.9 Å². The third-order valence-electron chi connectivity index (χ3n) is 3.46. The largest absolute Gasteiger partial charge is 0.489 e. The Labute approximate surface area is 124 Å². The van der Waals surface area contributed by atoms with Crippen LogP contribution in [0.2, 0.25) is 0 Å². The number of aromatic nitrogens is 1. The number of anilines is 1. The average Bonchev–Trinajstić information content (AvgIpc) is 2.53. The predicted octanol–water partition coefficient (Wildman–Crippen LogP) is 4.16. The number of benzene rings is 2. The van der Waals surface area contributed by atoms with E-state index in [9.17, 15) is 0 Å². The second-order valence-corrected chi connectivity index (χ2v) is 5.04. The first-order valence-electron chi connectivity index (χ1n) is 7.02. The zero-order valence-electron chi connectivity index (χ0n) is 12.3. The first kappa shape index (κ1) is 13.4. The summed E-state index contributed by atoms with van der Waals surface area (Å²) in [5.41, 5.74) is 3.27. The van der Waals surface area contributed by atoms with Crippen LogP contribution in [0.4, 0.5) is 5.82 Å².